The molecule has 0 saturated carbocycles. The van der Waals surface area contributed by atoms with Gasteiger partial charge in [0.05, 0.1) is 6.04 Å². The number of rotatable bonds is 6. The molecule has 1 aliphatic rings. The fourth-order valence-electron chi connectivity index (χ4n) is 4.26. The first kappa shape index (κ1) is 24.1. The molecule has 1 atom stereocenters. The Morgan fingerprint density at radius 1 is 1.09 bits per heavy atom. The molecule has 8 nitrogen and oxygen atoms in total. The molecule has 1 aliphatic heterocycles. The molecular weight excluding hydrogens is 457 g/mol. The Balaban J connectivity index is 1.39. The summed E-state index contributed by atoms with van der Waals surface area (Å²) >= 11 is 1.65. The molecule has 4 rings (SSSR count). The minimum absolute atomic E-state index is 0.101. The van der Waals surface area contributed by atoms with Crippen molar-refractivity contribution in [3.63, 3.8) is 0 Å². The van der Waals surface area contributed by atoms with Gasteiger partial charge >= 0.3 is 5.69 Å². The SMILES string of the molecule is CC(C(=O)c1c(N)n(C)c(=O)n(C)c1=O)N1CCN(Cc2ccc(-c3cccc(F)c3)s2)CC1. The van der Waals surface area contributed by atoms with Crippen molar-refractivity contribution in [2.45, 2.75) is 19.5 Å². The molecule has 3 aromatic rings. The van der Waals surface area contributed by atoms with E-state index in [1.165, 1.54) is 31.1 Å². The van der Waals surface area contributed by atoms with Crippen LogP contribution in [-0.2, 0) is 20.6 Å². The van der Waals surface area contributed by atoms with Crippen LogP contribution in [0.5, 0.6) is 0 Å². The van der Waals surface area contributed by atoms with E-state index in [-0.39, 0.29) is 23.0 Å². The Morgan fingerprint density at radius 2 is 1.79 bits per heavy atom. The number of nitrogens with zero attached hydrogens (tertiary/aromatic N) is 4. The number of hydrogen-bond acceptors (Lipinski definition) is 7. The number of piperazine rings is 1. The van der Waals surface area contributed by atoms with Gasteiger partial charge in [0.25, 0.3) is 5.56 Å². The Hall–Kier alpha value is -3.08. The minimum Gasteiger partial charge on any atom is -0.384 e. The maximum atomic E-state index is 13.5. The predicted molar refractivity (Wildman–Crippen MR) is 132 cm³/mol. The molecule has 0 amide bonds. The average molecular weight is 486 g/mol. The van der Waals surface area contributed by atoms with Crippen molar-refractivity contribution in [1.29, 1.82) is 0 Å². The lowest BCUT2D eigenvalue weighted by Crippen LogP contribution is -2.52. The van der Waals surface area contributed by atoms with Crippen molar-refractivity contribution >= 4 is 22.9 Å². The fraction of sp³-hybridized carbons (Fsp3) is 0.375. The lowest BCUT2D eigenvalue weighted by atomic mass is 10.0. The molecule has 0 aliphatic carbocycles. The summed E-state index contributed by atoms with van der Waals surface area (Å²) in [7, 11) is 2.79. The van der Waals surface area contributed by atoms with Gasteiger partial charge in [-0.25, -0.2) is 9.18 Å². The molecule has 180 valence electrons. The van der Waals surface area contributed by atoms with E-state index in [1.807, 2.05) is 17.0 Å². The Kier molecular flexibility index (Phi) is 6.83. The van der Waals surface area contributed by atoms with Gasteiger partial charge in [0.15, 0.2) is 5.78 Å². The molecule has 1 aromatic carbocycles. The van der Waals surface area contributed by atoms with Crippen LogP contribution in [0.3, 0.4) is 0 Å². The largest absolute Gasteiger partial charge is 0.384 e. The standard InChI is InChI=1S/C24H28FN5O3S/c1-15(21(31)20-22(26)27(2)24(33)28(3)23(20)32)30-11-9-29(10-12-30)14-18-7-8-19(34-18)16-5-4-6-17(25)13-16/h4-8,13,15H,9-12,14,26H2,1-3H3. The monoisotopic (exact) mass is 485 g/mol. The summed E-state index contributed by atoms with van der Waals surface area (Å²) in [5.74, 6) is -0.722. The van der Waals surface area contributed by atoms with Crippen molar-refractivity contribution < 1.29 is 9.18 Å². The summed E-state index contributed by atoms with van der Waals surface area (Å²) < 4.78 is 15.6. The number of benzene rings is 1. The molecule has 1 unspecified atom stereocenters. The minimum atomic E-state index is -0.664. The van der Waals surface area contributed by atoms with Gasteiger partial charge in [0.2, 0.25) is 0 Å². The van der Waals surface area contributed by atoms with Crippen LogP contribution in [-0.4, -0.2) is 56.9 Å². The first-order chi connectivity index (χ1) is 16.2. The zero-order chi connectivity index (χ0) is 24.6. The first-order valence-electron chi connectivity index (χ1n) is 11.1. The topological polar surface area (TPSA) is 93.6 Å². The lowest BCUT2D eigenvalue weighted by Gasteiger charge is -2.37. The lowest BCUT2D eigenvalue weighted by molar-refractivity contribution is 0.0687. The van der Waals surface area contributed by atoms with Crippen LogP contribution < -0.4 is 17.0 Å². The molecule has 0 spiro atoms. The van der Waals surface area contributed by atoms with Gasteiger partial charge in [-0.2, -0.15) is 0 Å². The zero-order valence-corrected chi connectivity index (χ0v) is 20.3. The van der Waals surface area contributed by atoms with Crippen LogP contribution >= 0.6 is 11.3 Å². The van der Waals surface area contributed by atoms with Crippen LogP contribution in [0.15, 0.2) is 46.0 Å². The summed E-state index contributed by atoms with van der Waals surface area (Å²) in [5, 5.41) is 0. The van der Waals surface area contributed by atoms with Crippen molar-refractivity contribution in [2.75, 3.05) is 31.9 Å². The Labute approximate surface area is 200 Å². The number of hydrogen-bond donors (Lipinski definition) is 1. The molecule has 3 heterocycles. The zero-order valence-electron chi connectivity index (χ0n) is 19.5. The fourth-order valence-corrected chi connectivity index (χ4v) is 5.30. The quantitative estimate of drug-likeness (QED) is 0.537. The predicted octanol–water partition coefficient (Wildman–Crippen LogP) is 1.92. The number of anilines is 1. The Bertz CT molecular complexity index is 1340. The van der Waals surface area contributed by atoms with Crippen molar-refractivity contribution in [2.24, 2.45) is 14.1 Å². The van der Waals surface area contributed by atoms with Crippen LogP contribution in [0, 0.1) is 5.82 Å². The van der Waals surface area contributed by atoms with Crippen molar-refractivity contribution in [3.05, 3.63) is 73.5 Å². The van der Waals surface area contributed by atoms with E-state index in [0.717, 1.165) is 39.2 Å². The third-order valence-corrected chi connectivity index (χ3v) is 7.56. The second-order valence-electron chi connectivity index (χ2n) is 8.59. The van der Waals surface area contributed by atoms with Gasteiger partial charge in [-0.05, 0) is 36.8 Å². The van der Waals surface area contributed by atoms with E-state index in [1.54, 1.807) is 24.3 Å². The summed E-state index contributed by atoms with van der Waals surface area (Å²) in [5.41, 5.74) is 5.48. The van der Waals surface area contributed by atoms with Gasteiger partial charge in [-0.1, -0.05) is 12.1 Å². The molecule has 1 fully saturated rings. The van der Waals surface area contributed by atoms with E-state index in [2.05, 4.69) is 11.0 Å². The second kappa shape index (κ2) is 9.65. The normalized spacial score (nSPS) is 16.0. The van der Waals surface area contributed by atoms with Crippen LogP contribution in [0.4, 0.5) is 10.2 Å². The molecule has 2 aromatic heterocycles. The molecule has 0 radical (unpaired) electrons. The van der Waals surface area contributed by atoms with Gasteiger partial charge in [-0.15, -0.1) is 11.3 Å². The molecule has 10 heteroatoms. The summed E-state index contributed by atoms with van der Waals surface area (Å²) in [6.45, 7) is 5.43. The van der Waals surface area contributed by atoms with Crippen molar-refractivity contribution in [1.82, 2.24) is 18.9 Å². The number of carbonyl (C=O) groups is 1. The molecule has 1 saturated heterocycles. The number of ketones is 1. The number of nitrogen functional groups attached to an aromatic ring is 1. The van der Waals surface area contributed by atoms with E-state index in [0.29, 0.717) is 13.1 Å². The second-order valence-corrected chi connectivity index (χ2v) is 9.76. The molecular formula is C24H28FN5O3S. The average Bonchev–Trinajstić information content (AvgIpc) is 3.30. The van der Waals surface area contributed by atoms with E-state index < -0.39 is 17.3 Å². The van der Waals surface area contributed by atoms with E-state index in [9.17, 15) is 18.8 Å². The highest BCUT2D eigenvalue weighted by Crippen LogP contribution is 2.29. The number of thiophene rings is 1. The highest BCUT2D eigenvalue weighted by Gasteiger charge is 2.30. The summed E-state index contributed by atoms with van der Waals surface area (Å²) in [6, 6.07) is 10.2. The highest BCUT2D eigenvalue weighted by molar-refractivity contribution is 7.15. The van der Waals surface area contributed by atoms with Crippen LogP contribution in [0.25, 0.3) is 10.4 Å². The maximum absolute atomic E-state index is 13.5. The smallest absolute Gasteiger partial charge is 0.332 e. The third-order valence-electron chi connectivity index (χ3n) is 6.44. The number of nitrogens with two attached hydrogens (primary N) is 1. The highest BCUT2D eigenvalue weighted by atomic mass is 32.1. The number of halogens is 1. The summed E-state index contributed by atoms with van der Waals surface area (Å²) in [4.78, 5) is 44.3. The first-order valence-corrected chi connectivity index (χ1v) is 11.9. The Morgan fingerprint density at radius 3 is 2.47 bits per heavy atom. The molecule has 2 N–H and O–H groups in total. The van der Waals surface area contributed by atoms with E-state index >= 15 is 0 Å². The molecule has 0 bridgehead atoms. The number of carbonyl (C=O) groups excluding carboxylic acids is 1. The number of Topliss-reactive ketones (excluding diaryl/α,β-unsaturated/α-hetero) is 1. The van der Waals surface area contributed by atoms with Crippen molar-refractivity contribution in [3.8, 4) is 10.4 Å². The third kappa shape index (κ3) is 4.61. The van der Waals surface area contributed by atoms with Gasteiger partial charge < -0.3 is 5.73 Å². The van der Waals surface area contributed by atoms with Crippen LogP contribution in [0.1, 0.15) is 22.2 Å². The van der Waals surface area contributed by atoms with Gasteiger partial charge in [0.1, 0.15) is 17.2 Å². The van der Waals surface area contributed by atoms with E-state index in [4.69, 9.17) is 5.73 Å². The molecule has 34 heavy (non-hydrogen) atoms. The maximum Gasteiger partial charge on any atom is 0.332 e. The number of aromatic nitrogens is 2. The van der Waals surface area contributed by atoms with Gasteiger partial charge in [-0.3, -0.25) is 28.5 Å². The van der Waals surface area contributed by atoms with Crippen LogP contribution in [0.2, 0.25) is 0 Å². The summed E-state index contributed by atoms with van der Waals surface area (Å²) in [6.07, 6.45) is 0. The van der Waals surface area contributed by atoms with Gasteiger partial charge in [0, 0.05) is 56.6 Å².